The summed E-state index contributed by atoms with van der Waals surface area (Å²) in [6.07, 6.45) is 0.0224. The Kier molecular flexibility index (Phi) is 6.54. The first-order valence-electron chi connectivity index (χ1n) is 10.4. The molecule has 3 aromatic rings. The van der Waals surface area contributed by atoms with E-state index in [1.54, 1.807) is 18.2 Å². The molecule has 0 aliphatic carbocycles. The standard InChI is InChI=1S/C22H24FN3O5S/c1-2-26-20-8-7-18(32(28,29)25-9-11-30-12-10-25)14-19(20)24-21(26)15-31-22(27)13-16-3-5-17(23)6-4-16/h3-8,14H,2,9-13,15H2,1H3. The number of fused-ring (bicyclic) bond motifs is 1. The molecule has 2 heterocycles. The smallest absolute Gasteiger partial charge is 0.310 e. The predicted octanol–water partition coefficient (Wildman–Crippen LogP) is 2.50. The highest BCUT2D eigenvalue weighted by Gasteiger charge is 2.27. The molecule has 0 radical (unpaired) electrons. The molecular formula is C22H24FN3O5S. The van der Waals surface area contributed by atoms with Gasteiger partial charge < -0.3 is 14.0 Å². The number of esters is 1. The average molecular weight is 462 g/mol. The number of carbonyl (C=O) groups excluding carboxylic acids is 1. The fourth-order valence-corrected chi connectivity index (χ4v) is 5.11. The Morgan fingerprint density at radius 1 is 1.16 bits per heavy atom. The van der Waals surface area contributed by atoms with Gasteiger partial charge in [-0.3, -0.25) is 4.79 Å². The number of sulfonamides is 1. The Labute approximate surface area is 185 Å². The summed E-state index contributed by atoms with van der Waals surface area (Å²) >= 11 is 0. The van der Waals surface area contributed by atoms with Gasteiger partial charge in [0.25, 0.3) is 0 Å². The maximum Gasteiger partial charge on any atom is 0.310 e. The molecule has 32 heavy (non-hydrogen) atoms. The number of morpholine rings is 1. The van der Waals surface area contributed by atoms with Gasteiger partial charge in [-0.05, 0) is 42.8 Å². The minimum atomic E-state index is -3.64. The van der Waals surface area contributed by atoms with Crippen molar-refractivity contribution in [2.45, 2.75) is 31.4 Å². The van der Waals surface area contributed by atoms with Crippen molar-refractivity contribution >= 4 is 27.0 Å². The van der Waals surface area contributed by atoms with Crippen LogP contribution in [0.5, 0.6) is 0 Å². The number of imidazole rings is 1. The predicted molar refractivity (Wildman–Crippen MR) is 115 cm³/mol. The highest BCUT2D eigenvalue weighted by Crippen LogP contribution is 2.24. The molecule has 0 amide bonds. The van der Waals surface area contributed by atoms with Crippen LogP contribution in [0.25, 0.3) is 11.0 Å². The SMILES string of the molecule is CCn1c(COC(=O)Cc2ccc(F)cc2)nc2cc(S(=O)(=O)N3CCOCC3)ccc21. The van der Waals surface area contributed by atoms with Crippen molar-refractivity contribution in [3.8, 4) is 0 Å². The van der Waals surface area contributed by atoms with Crippen molar-refractivity contribution in [2.75, 3.05) is 26.3 Å². The number of nitrogens with zero attached hydrogens (tertiary/aromatic N) is 3. The molecule has 2 aromatic carbocycles. The molecule has 1 aliphatic rings. The van der Waals surface area contributed by atoms with Crippen LogP contribution in [0.15, 0.2) is 47.4 Å². The van der Waals surface area contributed by atoms with Crippen LogP contribution >= 0.6 is 0 Å². The van der Waals surface area contributed by atoms with Gasteiger partial charge in [-0.15, -0.1) is 0 Å². The summed E-state index contributed by atoms with van der Waals surface area (Å²) < 4.78 is 52.8. The lowest BCUT2D eigenvalue weighted by Crippen LogP contribution is -2.40. The summed E-state index contributed by atoms with van der Waals surface area (Å²) in [4.78, 5) is 16.9. The van der Waals surface area contributed by atoms with Crippen LogP contribution in [-0.4, -0.2) is 54.5 Å². The van der Waals surface area contributed by atoms with Crippen LogP contribution in [0, 0.1) is 5.82 Å². The minimum Gasteiger partial charge on any atom is -0.457 e. The topological polar surface area (TPSA) is 90.7 Å². The van der Waals surface area contributed by atoms with Crippen LogP contribution in [0.4, 0.5) is 4.39 Å². The monoisotopic (exact) mass is 461 g/mol. The van der Waals surface area contributed by atoms with E-state index < -0.39 is 16.0 Å². The number of aryl methyl sites for hydroxylation is 1. The lowest BCUT2D eigenvalue weighted by Gasteiger charge is -2.26. The Balaban J connectivity index is 1.52. The third-order valence-corrected chi connectivity index (χ3v) is 7.24. The van der Waals surface area contributed by atoms with E-state index in [2.05, 4.69) is 4.98 Å². The minimum absolute atomic E-state index is 0.0224. The first-order valence-corrected chi connectivity index (χ1v) is 11.8. The molecule has 1 aliphatic heterocycles. The Morgan fingerprint density at radius 2 is 1.88 bits per heavy atom. The Hall–Kier alpha value is -2.82. The molecule has 0 spiro atoms. The first kappa shape index (κ1) is 22.4. The molecule has 0 unspecified atom stereocenters. The zero-order chi connectivity index (χ0) is 22.7. The number of rotatable bonds is 7. The molecule has 1 saturated heterocycles. The number of carbonyl (C=O) groups is 1. The number of halogens is 1. The van der Waals surface area contributed by atoms with Crippen LogP contribution in [-0.2, 0) is 43.9 Å². The molecule has 0 atom stereocenters. The summed E-state index contributed by atoms with van der Waals surface area (Å²) in [7, 11) is -3.64. The molecule has 8 nitrogen and oxygen atoms in total. The van der Waals surface area contributed by atoms with E-state index in [9.17, 15) is 17.6 Å². The van der Waals surface area contributed by atoms with Gasteiger partial charge in [0, 0.05) is 19.6 Å². The molecule has 0 saturated carbocycles. The van der Waals surface area contributed by atoms with Gasteiger partial charge in [-0.25, -0.2) is 17.8 Å². The summed E-state index contributed by atoms with van der Waals surface area (Å²) in [5.41, 5.74) is 1.93. The zero-order valence-electron chi connectivity index (χ0n) is 17.7. The lowest BCUT2D eigenvalue weighted by atomic mass is 10.1. The Bertz CT molecular complexity index is 1220. The fourth-order valence-electron chi connectivity index (χ4n) is 3.68. The normalized spacial score (nSPS) is 15.2. The number of hydrogen-bond donors (Lipinski definition) is 0. The maximum absolute atomic E-state index is 13.0. The summed E-state index contributed by atoms with van der Waals surface area (Å²) in [6, 6.07) is 10.5. The molecular weight excluding hydrogens is 437 g/mol. The molecule has 1 aromatic heterocycles. The Morgan fingerprint density at radius 3 is 2.56 bits per heavy atom. The van der Waals surface area contributed by atoms with E-state index in [4.69, 9.17) is 9.47 Å². The van der Waals surface area contributed by atoms with Gasteiger partial charge in [0.15, 0.2) is 0 Å². The van der Waals surface area contributed by atoms with Gasteiger partial charge in [0.2, 0.25) is 10.0 Å². The average Bonchev–Trinajstić information content (AvgIpc) is 3.16. The van der Waals surface area contributed by atoms with Crippen molar-refractivity contribution in [1.29, 1.82) is 0 Å². The number of hydrogen-bond acceptors (Lipinski definition) is 6. The van der Waals surface area contributed by atoms with Gasteiger partial charge >= 0.3 is 5.97 Å². The van der Waals surface area contributed by atoms with Gasteiger partial charge in [-0.2, -0.15) is 4.31 Å². The third kappa shape index (κ3) is 4.67. The molecule has 0 bridgehead atoms. The summed E-state index contributed by atoms with van der Waals surface area (Å²) in [5.74, 6) is -0.299. The quantitative estimate of drug-likeness (QED) is 0.502. The van der Waals surface area contributed by atoms with Crippen molar-refractivity contribution in [1.82, 2.24) is 13.9 Å². The maximum atomic E-state index is 13.0. The molecule has 1 fully saturated rings. The summed E-state index contributed by atoms with van der Waals surface area (Å²) in [5, 5.41) is 0. The summed E-state index contributed by atoms with van der Waals surface area (Å²) in [6.45, 7) is 3.85. The number of benzene rings is 2. The van der Waals surface area contributed by atoms with Gasteiger partial charge in [-0.1, -0.05) is 12.1 Å². The largest absolute Gasteiger partial charge is 0.457 e. The van der Waals surface area contributed by atoms with Crippen LogP contribution in [0.3, 0.4) is 0 Å². The molecule has 10 heteroatoms. The van der Waals surface area contributed by atoms with Crippen molar-refractivity contribution in [3.05, 3.63) is 59.7 Å². The second-order valence-electron chi connectivity index (χ2n) is 7.40. The third-order valence-electron chi connectivity index (χ3n) is 5.35. The number of aromatic nitrogens is 2. The second-order valence-corrected chi connectivity index (χ2v) is 9.34. The highest BCUT2D eigenvalue weighted by molar-refractivity contribution is 7.89. The number of ether oxygens (including phenoxy) is 2. The zero-order valence-corrected chi connectivity index (χ0v) is 18.5. The molecule has 4 rings (SSSR count). The fraction of sp³-hybridized carbons (Fsp3) is 0.364. The van der Waals surface area contributed by atoms with Crippen molar-refractivity contribution in [3.63, 3.8) is 0 Å². The van der Waals surface area contributed by atoms with E-state index in [-0.39, 0.29) is 23.7 Å². The van der Waals surface area contributed by atoms with Crippen LogP contribution in [0.2, 0.25) is 0 Å². The highest BCUT2D eigenvalue weighted by atomic mass is 32.2. The van der Waals surface area contributed by atoms with Crippen LogP contribution < -0.4 is 0 Å². The first-order chi connectivity index (χ1) is 15.4. The second kappa shape index (κ2) is 9.35. The van der Waals surface area contributed by atoms with Crippen molar-refractivity contribution < 1.29 is 27.1 Å². The van der Waals surface area contributed by atoms with Crippen molar-refractivity contribution in [2.24, 2.45) is 0 Å². The van der Waals surface area contributed by atoms with Gasteiger partial charge in [0.05, 0.1) is 35.6 Å². The molecule has 170 valence electrons. The van der Waals surface area contributed by atoms with E-state index in [1.807, 2.05) is 11.5 Å². The van der Waals surface area contributed by atoms with E-state index in [0.29, 0.717) is 49.8 Å². The van der Waals surface area contributed by atoms with E-state index in [0.717, 1.165) is 5.52 Å². The van der Waals surface area contributed by atoms with E-state index in [1.165, 1.54) is 28.6 Å². The lowest BCUT2D eigenvalue weighted by molar-refractivity contribution is -0.144. The van der Waals surface area contributed by atoms with Crippen LogP contribution in [0.1, 0.15) is 18.3 Å². The van der Waals surface area contributed by atoms with E-state index >= 15 is 0 Å². The molecule has 0 N–H and O–H groups in total. The van der Waals surface area contributed by atoms with Gasteiger partial charge in [0.1, 0.15) is 18.2 Å².